The highest BCUT2D eigenvalue weighted by Crippen LogP contribution is 2.41. The van der Waals surface area contributed by atoms with Gasteiger partial charge in [0.2, 0.25) is 16.7 Å². The summed E-state index contributed by atoms with van der Waals surface area (Å²) in [5.74, 6) is -3.24. The number of hydrogen-bond acceptors (Lipinski definition) is 14. The monoisotopic (exact) mass is 668 g/mol. The smallest absolute Gasteiger partial charge is 0.416 e. The second-order valence-corrected chi connectivity index (χ2v) is 11.7. The molecule has 2 aromatic heterocycles. The van der Waals surface area contributed by atoms with Gasteiger partial charge in [0.1, 0.15) is 17.1 Å². The normalized spacial score (nSPS) is 18.5. The summed E-state index contributed by atoms with van der Waals surface area (Å²) in [6.45, 7) is 3.98. The summed E-state index contributed by atoms with van der Waals surface area (Å²) in [7, 11) is 0. The highest BCUT2D eigenvalue weighted by Gasteiger charge is 2.54. The molecular formula is C23H19F3N10O5S3. The van der Waals surface area contributed by atoms with E-state index in [9.17, 15) is 32.7 Å². The molecule has 44 heavy (non-hydrogen) atoms. The van der Waals surface area contributed by atoms with Crippen molar-refractivity contribution in [2.75, 3.05) is 17.2 Å². The van der Waals surface area contributed by atoms with Crippen molar-refractivity contribution in [1.82, 2.24) is 39.8 Å². The number of alkyl halides is 3. The number of aromatic nitrogens is 6. The molecule has 2 atom stereocenters. The van der Waals surface area contributed by atoms with Crippen molar-refractivity contribution in [1.29, 1.82) is 0 Å². The topological polar surface area (TPSA) is 204 Å². The second-order valence-electron chi connectivity index (χ2n) is 8.85. The second kappa shape index (κ2) is 12.6. The van der Waals surface area contributed by atoms with Crippen LogP contribution in [0.2, 0.25) is 0 Å². The van der Waals surface area contributed by atoms with Gasteiger partial charge in [-0.25, -0.2) is 9.48 Å². The molecule has 2 aliphatic heterocycles. The molecule has 1 fully saturated rings. The number of halogens is 3. The molecule has 0 spiro atoms. The highest BCUT2D eigenvalue weighted by atomic mass is 32.2. The van der Waals surface area contributed by atoms with Crippen LogP contribution in [0.1, 0.15) is 11.4 Å². The lowest BCUT2D eigenvalue weighted by Gasteiger charge is -2.49. The van der Waals surface area contributed by atoms with Crippen LogP contribution in [0.5, 0.6) is 5.75 Å². The maximum Gasteiger partial charge on any atom is 0.416 e. The number of nitrogens with two attached hydrogens (primary N) is 1. The van der Waals surface area contributed by atoms with E-state index in [1.165, 1.54) is 34.3 Å². The number of carboxylic acids is 1. The number of nitrogen functional groups attached to an aromatic ring is 1. The minimum atomic E-state index is -4.65. The third-order valence-electron chi connectivity index (χ3n) is 5.99. The van der Waals surface area contributed by atoms with Gasteiger partial charge in [-0.3, -0.25) is 14.5 Å². The van der Waals surface area contributed by atoms with Crippen LogP contribution in [0.15, 0.2) is 58.5 Å². The highest BCUT2D eigenvalue weighted by molar-refractivity contribution is 8.01. The van der Waals surface area contributed by atoms with E-state index >= 15 is 0 Å². The minimum absolute atomic E-state index is 0.0338. The summed E-state index contributed by atoms with van der Waals surface area (Å²) < 4.78 is 44.7. The van der Waals surface area contributed by atoms with Gasteiger partial charge in [0, 0.05) is 23.0 Å². The van der Waals surface area contributed by atoms with E-state index < -0.39 is 46.7 Å². The van der Waals surface area contributed by atoms with Crippen LogP contribution in [0.25, 0.3) is 0 Å². The molecule has 21 heteroatoms. The van der Waals surface area contributed by atoms with Gasteiger partial charge in [-0.05, 0) is 34.2 Å². The number of rotatable bonds is 11. The minimum Gasteiger partial charge on any atom is -0.477 e. The Hall–Kier alpha value is -4.50. The van der Waals surface area contributed by atoms with Crippen molar-refractivity contribution in [3.8, 4) is 5.75 Å². The summed E-state index contributed by atoms with van der Waals surface area (Å²) in [5, 5.41) is 27.1. The van der Waals surface area contributed by atoms with Crippen molar-refractivity contribution in [3.63, 3.8) is 0 Å². The molecule has 1 aromatic carbocycles. The van der Waals surface area contributed by atoms with E-state index in [1.807, 2.05) is 0 Å². The van der Waals surface area contributed by atoms with Gasteiger partial charge < -0.3 is 21.0 Å². The fourth-order valence-corrected chi connectivity index (χ4v) is 6.84. The largest absolute Gasteiger partial charge is 0.477 e. The lowest BCUT2D eigenvalue weighted by atomic mass is 10.0. The number of anilines is 1. The zero-order chi connectivity index (χ0) is 31.6. The number of carboxylic acid groups (broad SMARTS) is 1. The first-order valence-electron chi connectivity index (χ1n) is 12.2. The molecule has 4 heterocycles. The van der Waals surface area contributed by atoms with Crippen LogP contribution < -0.4 is 15.9 Å². The van der Waals surface area contributed by atoms with E-state index in [-0.39, 0.29) is 33.9 Å². The third kappa shape index (κ3) is 6.38. The number of fused-ring (bicyclic) bond motifs is 1. The number of aliphatic carboxylic acids is 1. The number of nitrogens with one attached hydrogen (secondary N) is 1. The maximum absolute atomic E-state index is 13.3. The first-order valence-corrected chi connectivity index (χ1v) is 15.0. The molecule has 0 saturated carbocycles. The standard InChI is InChI=1S/C23H19F3N10O5S3/c1-2-6-35-22(30-33-34-35)43-9-10-8-42-19-14(18(38)36(19)15(10)20(39)40)28-17(37)13(16-29-21(27)44-32-16)31-41-12-5-3-4-11(7-12)23(24,25)26/h2-5,7,14,19H,1,6,8-9H2,(H,28,37)(H,39,40)(H2,27,29,32)/t14?,19-/m1/s1. The number of benzene rings is 1. The molecule has 1 unspecified atom stereocenters. The van der Waals surface area contributed by atoms with Gasteiger partial charge in [0.25, 0.3) is 11.8 Å². The first-order chi connectivity index (χ1) is 21.0. The summed E-state index contributed by atoms with van der Waals surface area (Å²) in [5.41, 5.74) is 4.30. The molecule has 0 aliphatic carbocycles. The van der Waals surface area contributed by atoms with Crippen molar-refractivity contribution in [2.24, 2.45) is 5.16 Å². The molecule has 4 N–H and O–H groups in total. The maximum atomic E-state index is 13.3. The molecule has 2 aliphatic rings. The Labute approximate surface area is 257 Å². The van der Waals surface area contributed by atoms with E-state index in [1.54, 1.807) is 6.08 Å². The van der Waals surface area contributed by atoms with Gasteiger partial charge in [-0.2, -0.15) is 22.5 Å². The Morgan fingerprint density at radius 3 is 2.84 bits per heavy atom. The van der Waals surface area contributed by atoms with E-state index in [0.717, 1.165) is 28.6 Å². The molecule has 15 nitrogen and oxygen atoms in total. The summed E-state index contributed by atoms with van der Waals surface area (Å²) in [6, 6.07) is 2.64. The number of thioether (sulfide) groups is 2. The Morgan fingerprint density at radius 2 is 2.16 bits per heavy atom. The summed E-state index contributed by atoms with van der Waals surface area (Å²) >= 11 is 3.15. The Morgan fingerprint density at radius 1 is 1.36 bits per heavy atom. The van der Waals surface area contributed by atoms with Crippen molar-refractivity contribution in [3.05, 3.63) is 59.6 Å². The van der Waals surface area contributed by atoms with Crippen LogP contribution >= 0.6 is 35.1 Å². The fourth-order valence-electron chi connectivity index (χ4n) is 4.04. The summed E-state index contributed by atoms with van der Waals surface area (Å²) in [4.78, 5) is 48.7. The molecule has 5 rings (SSSR count). The van der Waals surface area contributed by atoms with Crippen LogP contribution in [0.3, 0.4) is 0 Å². The Balaban J connectivity index is 1.33. The first kappa shape index (κ1) is 30.9. The van der Waals surface area contributed by atoms with Crippen LogP contribution in [-0.4, -0.2) is 86.0 Å². The molecule has 1 saturated heterocycles. The predicted molar refractivity (Wildman–Crippen MR) is 151 cm³/mol. The number of hydrogen-bond donors (Lipinski definition) is 3. The predicted octanol–water partition coefficient (Wildman–Crippen LogP) is 1.63. The van der Waals surface area contributed by atoms with E-state index in [2.05, 4.69) is 41.9 Å². The molecule has 3 aromatic rings. The van der Waals surface area contributed by atoms with Crippen LogP contribution in [0, 0.1) is 0 Å². The van der Waals surface area contributed by atoms with Crippen molar-refractivity contribution in [2.45, 2.75) is 29.3 Å². The number of carbonyl (C=O) groups excluding carboxylic acids is 2. The zero-order valence-electron chi connectivity index (χ0n) is 22.0. The lowest BCUT2D eigenvalue weighted by molar-refractivity contribution is -0.150. The quantitative estimate of drug-likeness (QED) is 0.0875. The van der Waals surface area contributed by atoms with Crippen LogP contribution in [0.4, 0.5) is 18.3 Å². The van der Waals surface area contributed by atoms with Gasteiger partial charge >= 0.3 is 12.1 Å². The average Bonchev–Trinajstić information content (AvgIpc) is 3.62. The number of nitrogens with zero attached hydrogens (tertiary/aromatic N) is 8. The number of carbonyl (C=O) groups is 3. The molecule has 2 amide bonds. The van der Waals surface area contributed by atoms with Crippen molar-refractivity contribution >= 4 is 63.7 Å². The SMILES string of the molecule is C=CCn1nnnc1SCC1=C(C(=O)O)N2C(=O)C(NC(=O)C(=NOc3cccc(C(F)(F)F)c3)c3nsc(N)n3)[C@H]2SC1. The molecule has 230 valence electrons. The summed E-state index contributed by atoms with van der Waals surface area (Å²) in [6.07, 6.45) is -3.05. The van der Waals surface area contributed by atoms with Crippen molar-refractivity contribution < 1.29 is 37.5 Å². The van der Waals surface area contributed by atoms with Gasteiger partial charge in [-0.1, -0.05) is 29.1 Å². The molecule has 0 bridgehead atoms. The third-order valence-corrected chi connectivity index (χ3v) is 8.91. The number of allylic oxidation sites excluding steroid dienone is 1. The molecular weight excluding hydrogens is 650 g/mol. The van der Waals surface area contributed by atoms with Gasteiger partial charge in [-0.15, -0.1) is 23.4 Å². The average molecular weight is 669 g/mol. The zero-order valence-corrected chi connectivity index (χ0v) is 24.4. The Kier molecular flexibility index (Phi) is 8.87. The van der Waals surface area contributed by atoms with E-state index in [4.69, 9.17) is 10.6 Å². The number of β-lactam (4-membered cyclic amide) rings is 1. The van der Waals surface area contributed by atoms with Gasteiger partial charge in [0.05, 0.1) is 12.1 Å². The van der Waals surface area contributed by atoms with E-state index in [0.29, 0.717) is 23.3 Å². The number of oxime groups is 1. The number of tetrazole rings is 1. The Bertz CT molecular complexity index is 1690. The van der Waals surface area contributed by atoms with Crippen LogP contribution in [-0.2, 0) is 27.1 Å². The van der Waals surface area contributed by atoms with Gasteiger partial charge in [0.15, 0.2) is 10.9 Å². The lowest BCUT2D eigenvalue weighted by Crippen LogP contribution is -2.71. The molecule has 0 radical (unpaired) electrons. The number of amides is 2. The fraction of sp³-hybridized carbons (Fsp3) is 0.261.